The van der Waals surface area contributed by atoms with Crippen molar-refractivity contribution in [2.24, 2.45) is 0 Å². The Kier molecular flexibility index (Phi) is 5.43. The van der Waals surface area contributed by atoms with E-state index in [1.807, 2.05) is 10.9 Å². The first kappa shape index (κ1) is 16.8. The van der Waals surface area contributed by atoms with E-state index in [2.05, 4.69) is 36.2 Å². The van der Waals surface area contributed by atoms with Crippen LogP contribution in [-0.4, -0.2) is 35.5 Å². The van der Waals surface area contributed by atoms with Gasteiger partial charge in [-0.15, -0.1) is 5.54 Å². The van der Waals surface area contributed by atoms with Gasteiger partial charge in [-0.2, -0.15) is 5.10 Å². The molecular weight excluding hydrogens is 296 g/mol. The van der Waals surface area contributed by atoms with Gasteiger partial charge in [0.05, 0.1) is 17.7 Å². The monoisotopic (exact) mass is 320 g/mol. The van der Waals surface area contributed by atoms with Crippen molar-refractivity contribution < 1.29 is 14.6 Å². The first-order valence-corrected chi connectivity index (χ1v) is 11.3. The zero-order valence-corrected chi connectivity index (χ0v) is 14.6. The number of rotatable bonds is 4. The van der Waals surface area contributed by atoms with E-state index in [0.29, 0.717) is 6.42 Å². The summed E-state index contributed by atoms with van der Waals surface area (Å²) in [6.07, 6.45) is 5.52. The third-order valence-corrected chi connectivity index (χ3v) is 4.28. The summed E-state index contributed by atoms with van der Waals surface area (Å²) < 4.78 is 7.57. The summed E-state index contributed by atoms with van der Waals surface area (Å²) in [5, 5.41) is 13.4. The summed E-state index contributed by atoms with van der Waals surface area (Å²) in [5.74, 6) is 2.40. The molecule has 1 atom stereocenters. The highest BCUT2D eigenvalue weighted by atomic mass is 28.3. The van der Waals surface area contributed by atoms with Gasteiger partial charge in [0.25, 0.3) is 0 Å². The number of aryl methyl sites for hydroxylation is 1. The third kappa shape index (κ3) is 5.00. The summed E-state index contributed by atoms with van der Waals surface area (Å²) in [5.41, 5.74) is 4.94. The average molecular weight is 320 g/mol. The highest BCUT2D eigenvalue weighted by molar-refractivity contribution is 6.83. The minimum Gasteiger partial charge on any atom is -0.481 e. The molecule has 0 spiro atoms. The van der Waals surface area contributed by atoms with Crippen LogP contribution in [0.15, 0.2) is 6.20 Å². The molecular formula is C16H24N2O3Si. The number of hydrogen-bond acceptors (Lipinski definition) is 3. The van der Waals surface area contributed by atoms with E-state index in [-0.39, 0.29) is 12.6 Å². The van der Waals surface area contributed by atoms with Gasteiger partial charge < -0.3 is 9.84 Å². The molecule has 22 heavy (non-hydrogen) atoms. The van der Waals surface area contributed by atoms with Crippen LogP contribution in [0.3, 0.4) is 0 Å². The van der Waals surface area contributed by atoms with Gasteiger partial charge in [-0.1, -0.05) is 25.6 Å². The molecule has 6 heteroatoms. The minimum absolute atomic E-state index is 0.0419. The summed E-state index contributed by atoms with van der Waals surface area (Å²) in [4.78, 5) is 10.8. The Morgan fingerprint density at radius 3 is 2.86 bits per heavy atom. The molecule has 1 aliphatic heterocycles. The quantitative estimate of drug-likeness (QED) is 0.684. The molecule has 0 aromatic carbocycles. The highest BCUT2D eigenvalue weighted by Gasteiger charge is 2.19. The molecule has 120 valence electrons. The molecule has 0 saturated carbocycles. The van der Waals surface area contributed by atoms with E-state index in [0.717, 1.165) is 37.1 Å². The van der Waals surface area contributed by atoms with Crippen LogP contribution in [0.1, 0.15) is 43.2 Å². The lowest BCUT2D eigenvalue weighted by Gasteiger charge is -2.22. The van der Waals surface area contributed by atoms with E-state index in [1.165, 1.54) is 0 Å². The Balaban J connectivity index is 2.24. The molecule has 0 radical (unpaired) electrons. The molecule has 0 amide bonds. The van der Waals surface area contributed by atoms with Crippen LogP contribution in [0.4, 0.5) is 0 Å². The van der Waals surface area contributed by atoms with Crippen molar-refractivity contribution in [1.29, 1.82) is 0 Å². The number of aromatic nitrogens is 2. The van der Waals surface area contributed by atoms with E-state index >= 15 is 0 Å². The van der Waals surface area contributed by atoms with Gasteiger partial charge >= 0.3 is 5.97 Å². The van der Waals surface area contributed by atoms with Crippen LogP contribution in [0.25, 0.3) is 0 Å². The lowest BCUT2D eigenvalue weighted by atomic mass is 10.1. The van der Waals surface area contributed by atoms with Crippen molar-refractivity contribution in [3.63, 3.8) is 0 Å². The van der Waals surface area contributed by atoms with E-state index in [4.69, 9.17) is 9.84 Å². The van der Waals surface area contributed by atoms with E-state index in [9.17, 15) is 4.79 Å². The van der Waals surface area contributed by atoms with Crippen molar-refractivity contribution >= 4 is 14.0 Å². The number of aliphatic carboxylic acids is 1. The standard InChI is InChI=1S/C16H24N2O3Si/c1-22(2,3)11-9-13-12-18(15-6-4-5-10-21-15)17-14(13)7-8-16(19)20/h12,15H,4-8,10H2,1-3H3,(H,19,20). The van der Waals surface area contributed by atoms with Crippen molar-refractivity contribution in [3.8, 4) is 11.5 Å². The molecule has 5 nitrogen and oxygen atoms in total. The van der Waals surface area contributed by atoms with Gasteiger partial charge in [-0.3, -0.25) is 4.79 Å². The second-order valence-electron chi connectivity index (χ2n) is 6.68. The zero-order chi connectivity index (χ0) is 16.2. The Morgan fingerprint density at radius 1 is 1.50 bits per heavy atom. The van der Waals surface area contributed by atoms with Crippen LogP contribution in [-0.2, 0) is 16.0 Å². The topological polar surface area (TPSA) is 64.4 Å². The zero-order valence-electron chi connectivity index (χ0n) is 13.6. The number of carbonyl (C=O) groups is 1. The molecule has 1 aromatic rings. The largest absolute Gasteiger partial charge is 0.481 e. The average Bonchev–Trinajstić information content (AvgIpc) is 2.86. The first-order chi connectivity index (χ1) is 10.3. The fourth-order valence-electron chi connectivity index (χ4n) is 2.28. The van der Waals surface area contributed by atoms with Gasteiger partial charge in [0, 0.05) is 19.2 Å². The van der Waals surface area contributed by atoms with Gasteiger partial charge in [0.1, 0.15) is 14.3 Å². The predicted octanol–water partition coefficient (Wildman–Crippen LogP) is 2.83. The van der Waals surface area contributed by atoms with Crippen LogP contribution in [0.2, 0.25) is 19.6 Å². The maximum Gasteiger partial charge on any atom is 0.303 e. The summed E-state index contributed by atoms with van der Waals surface area (Å²) in [6.45, 7) is 7.31. The Labute approximate surface area is 132 Å². The van der Waals surface area contributed by atoms with Gasteiger partial charge in [0.2, 0.25) is 0 Å². The fourth-order valence-corrected chi connectivity index (χ4v) is 2.79. The minimum atomic E-state index is -1.48. The second-order valence-corrected chi connectivity index (χ2v) is 11.4. The smallest absolute Gasteiger partial charge is 0.303 e. The van der Waals surface area contributed by atoms with Gasteiger partial charge in [0.15, 0.2) is 0 Å². The SMILES string of the molecule is C[Si](C)(C)C#Cc1cn(C2CCCCO2)nc1CCC(=O)O. The molecule has 1 unspecified atom stereocenters. The van der Waals surface area contributed by atoms with E-state index < -0.39 is 14.0 Å². The summed E-state index contributed by atoms with van der Waals surface area (Å²) in [7, 11) is -1.48. The lowest BCUT2D eigenvalue weighted by Crippen LogP contribution is -2.18. The van der Waals surface area contributed by atoms with Crippen LogP contribution in [0.5, 0.6) is 0 Å². The number of ether oxygens (including phenoxy) is 1. The Bertz CT molecular complexity index is 587. The molecule has 0 aliphatic carbocycles. The predicted molar refractivity (Wildman–Crippen MR) is 87.2 cm³/mol. The molecule has 1 fully saturated rings. The van der Waals surface area contributed by atoms with Crippen molar-refractivity contribution in [2.75, 3.05) is 6.61 Å². The van der Waals surface area contributed by atoms with E-state index in [1.54, 1.807) is 0 Å². The van der Waals surface area contributed by atoms with Crippen LogP contribution in [0, 0.1) is 11.5 Å². The summed E-state index contributed by atoms with van der Waals surface area (Å²) >= 11 is 0. The third-order valence-electron chi connectivity index (χ3n) is 3.41. The molecule has 1 aromatic heterocycles. The second kappa shape index (κ2) is 7.12. The number of nitrogens with zero attached hydrogens (tertiary/aromatic N) is 2. The molecule has 1 saturated heterocycles. The normalized spacial score (nSPS) is 18.6. The molecule has 1 N–H and O–H groups in total. The van der Waals surface area contributed by atoms with Gasteiger partial charge in [-0.05, 0) is 19.3 Å². The van der Waals surface area contributed by atoms with Crippen molar-refractivity contribution in [2.45, 2.75) is 58.0 Å². The van der Waals surface area contributed by atoms with Crippen LogP contribution < -0.4 is 0 Å². The molecule has 1 aliphatic rings. The molecule has 2 rings (SSSR count). The lowest BCUT2D eigenvalue weighted by molar-refractivity contribution is -0.136. The molecule has 0 bridgehead atoms. The first-order valence-electron chi connectivity index (χ1n) is 7.80. The van der Waals surface area contributed by atoms with Crippen molar-refractivity contribution in [1.82, 2.24) is 9.78 Å². The van der Waals surface area contributed by atoms with Crippen molar-refractivity contribution in [3.05, 3.63) is 17.5 Å². The van der Waals surface area contributed by atoms with Crippen LogP contribution >= 0.6 is 0 Å². The Morgan fingerprint density at radius 2 is 2.27 bits per heavy atom. The maximum absolute atomic E-state index is 10.8. The number of carboxylic acid groups (broad SMARTS) is 1. The molecule has 2 heterocycles. The maximum atomic E-state index is 10.8. The number of hydrogen-bond donors (Lipinski definition) is 1. The fraction of sp³-hybridized carbons (Fsp3) is 0.625. The Hall–Kier alpha value is -1.58. The highest BCUT2D eigenvalue weighted by Crippen LogP contribution is 2.23. The van der Waals surface area contributed by atoms with Gasteiger partial charge in [-0.25, -0.2) is 4.68 Å². The number of carboxylic acids is 1. The summed E-state index contributed by atoms with van der Waals surface area (Å²) in [6, 6.07) is 0.